The van der Waals surface area contributed by atoms with Gasteiger partial charge in [-0.1, -0.05) is 18.2 Å². The van der Waals surface area contributed by atoms with Crippen LogP contribution in [0.15, 0.2) is 24.3 Å². The van der Waals surface area contributed by atoms with Gasteiger partial charge in [0.25, 0.3) is 0 Å². The first kappa shape index (κ1) is 13.4. The lowest BCUT2D eigenvalue weighted by molar-refractivity contribution is 0.581. The Morgan fingerprint density at radius 2 is 2.11 bits per heavy atom. The fraction of sp³-hybridized carbons (Fsp3) is 0.538. The minimum Gasteiger partial charge on any atom is -0.371 e. The van der Waals surface area contributed by atoms with Crippen LogP contribution in [0.2, 0.25) is 0 Å². The molecule has 0 bridgehead atoms. The fourth-order valence-electron chi connectivity index (χ4n) is 2.41. The lowest BCUT2D eigenvalue weighted by atomic mass is 9.97. The Labute approximate surface area is 109 Å². The standard InChI is InChI=1S/C13H20N2O2S/c1-18(16,17)10-4-8-15-9-7-12(14)11-5-2-3-6-13(11)15/h2-3,5-6,12H,4,7-10,14H2,1H3. The van der Waals surface area contributed by atoms with Crippen molar-refractivity contribution in [1.82, 2.24) is 0 Å². The quantitative estimate of drug-likeness (QED) is 0.895. The van der Waals surface area contributed by atoms with Crippen LogP contribution < -0.4 is 10.6 Å². The van der Waals surface area contributed by atoms with E-state index < -0.39 is 9.84 Å². The third-order valence-corrected chi connectivity index (χ3v) is 4.36. The number of rotatable bonds is 4. The highest BCUT2D eigenvalue weighted by molar-refractivity contribution is 7.90. The number of nitrogens with two attached hydrogens (primary N) is 1. The van der Waals surface area contributed by atoms with Gasteiger partial charge >= 0.3 is 0 Å². The van der Waals surface area contributed by atoms with Crippen LogP contribution in [0.4, 0.5) is 5.69 Å². The molecule has 18 heavy (non-hydrogen) atoms. The van der Waals surface area contributed by atoms with E-state index in [9.17, 15) is 8.42 Å². The second kappa shape index (κ2) is 5.28. The van der Waals surface area contributed by atoms with Gasteiger partial charge in [0.15, 0.2) is 0 Å². The molecule has 0 amide bonds. The molecule has 0 aromatic heterocycles. The molecule has 0 saturated heterocycles. The highest BCUT2D eigenvalue weighted by Gasteiger charge is 2.21. The van der Waals surface area contributed by atoms with Gasteiger partial charge in [-0.3, -0.25) is 0 Å². The average molecular weight is 268 g/mol. The SMILES string of the molecule is CS(=O)(=O)CCCN1CCC(N)c2ccccc21. The number of fused-ring (bicyclic) bond motifs is 1. The molecule has 0 saturated carbocycles. The van der Waals surface area contributed by atoms with Crippen molar-refractivity contribution in [2.75, 3.05) is 30.0 Å². The predicted octanol–water partition coefficient (Wildman–Crippen LogP) is 1.33. The zero-order chi connectivity index (χ0) is 13.2. The van der Waals surface area contributed by atoms with Crippen LogP contribution in [0.25, 0.3) is 0 Å². The summed E-state index contributed by atoms with van der Waals surface area (Å²) in [7, 11) is -2.86. The molecule has 1 unspecified atom stereocenters. The first-order valence-corrected chi connectivity index (χ1v) is 8.30. The number of sulfone groups is 1. The van der Waals surface area contributed by atoms with E-state index in [1.165, 1.54) is 11.8 Å². The summed E-state index contributed by atoms with van der Waals surface area (Å²) in [6.45, 7) is 1.68. The van der Waals surface area contributed by atoms with E-state index in [1.54, 1.807) is 0 Å². The van der Waals surface area contributed by atoms with Crippen LogP contribution in [0.3, 0.4) is 0 Å². The van der Waals surface area contributed by atoms with E-state index in [0.717, 1.165) is 25.2 Å². The molecule has 1 aromatic carbocycles. The summed E-state index contributed by atoms with van der Waals surface area (Å²) in [4.78, 5) is 2.24. The van der Waals surface area contributed by atoms with Crippen molar-refractivity contribution in [3.05, 3.63) is 29.8 Å². The van der Waals surface area contributed by atoms with E-state index >= 15 is 0 Å². The molecule has 0 aliphatic carbocycles. The second-order valence-electron chi connectivity index (χ2n) is 4.92. The van der Waals surface area contributed by atoms with Gasteiger partial charge in [-0.05, 0) is 24.5 Å². The fourth-order valence-corrected chi connectivity index (χ4v) is 3.06. The topological polar surface area (TPSA) is 63.4 Å². The summed E-state index contributed by atoms with van der Waals surface area (Å²) >= 11 is 0. The van der Waals surface area contributed by atoms with Crippen LogP contribution in [-0.4, -0.2) is 33.5 Å². The van der Waals surface area contributed by atoms with E-state index in [2.05, 4.69) is 17.0 Å². The van der Waals surface area contributed by atoms with Crippen LogP contribution in [0.1, 0.15) is 24.4 Å². The zero-order valence-corrected chi connectivity index (χ0v) is 11.5. The van der Waals surface area contributed by atoms with Crippen molar-refractivity contribution < 1.29 is 8.42 Å². The van der Waals surface area contributed by atoms with Gasteiger partial charge in [0.1, 0.15) is 9.84 Å². The van der Waals surface area contributed by atoms with Gasteiger partial charge in [0, 0.05) is 31.1 Å². The Balaban J connectivity index is 2.05. The van der Waals surface area contributed by atoms with Crippen molar-refractivity contribution in [2.24, 2.45) is 5.73 Å². The Morgan fingerprint density at radius 1 is 1.39 bits per heavy atom. The molecule has 100 valence electrons. The van der Waals surface area contributed by atoms with Crippen molar-refractivity contribution >= 4 is 15.5 Å². The maximum Gasteiger partial charge on any atom is 0.147 e. The summed E-state index contributed by atoms with van der Waals surface area (Å²) in [5.41, 5.74) is 8.41. The van der Waals surface area contributed by atoms with Crippen LogP contribution in [0.5, 0.6) is 0 Å². The van der Waals surface area contributed by atoms with Crippen LogP contribution in [-0.2, 0) is 9.84 Å². The van der Waals surface area contributed by atoms with E-state index in [4.69, 9.17) is 5.73 Å². The first-order chi connectivity index (χ1) is 8.47. The van der Waals surface area contributed by atoms with E-state index in [1.807, 2.05) is 12.1 Å². The van der Waals surface area contributed by atoms with Gasteiger partial charge in [0.2, 0.25) is 0 Å². The molecule has 1 atom stereocenters. The Kier molecular flexibility index (Phi) is 3.92. The summed E-state index contributed by atoms with van der Waals surface area (Å²) in [5, 5.41) is 0. The third kappa shape index (κ3) is 3.23. The molecule has 2 rings (SSSR count). The summed E-state index contributed by atoms with van der Waals surface area (Å²) in [6, 6.07) is 8.23. The molecule has 1 aliphatic heterocycles. The Hall–Kier alpha value is -1.07. The highest BCUT2D eigenvalue weighted by Crippen LogP contribution is 2.31. The van der Waals surface area contributed by atoms with Crippen LogP contribution in [0, 0.1) is 0 Å². The molecule has 1 aliphatic rings. The van der Waals surface area contributed by atoms with Crippen molar-refractivity contribution in [1.29, 1.82) is 0 Å². The van der Waals surface area contributed by atoms with E-state index in [-0.39, 0.29) is 11.8 Å². The number of nitrogens with zero attached hydrogens (tertiary/aromatic N) is 1. The Morgan fingerprint density at radius 3 is 2.83 bits per heavy atom. The van der Waals surface area contributed by atoms with Gasteiger partial charge in [0.05, 0.1) is 5.75 Å². The summed E-state index contributed by atoms with van der Waals surface area (Å²) in [6.07, 6.45) is 2.88. The highest BCUT2D eigenvalue weighted by atomic mass is 32.2. The molecule has 5 heteroatoms. The number of benzene rings is 1. The number of anilines is 1. The smallest absolute Gasteiger partial charge is 0.147 e. The number of para-hydroxylation sites is 1. The maximum atomic E-state index is 11.1. The van der Waals surface area contributed by atoms with E-state index in [0.29, 0.717) is 6.42 Å². The maximum absolute atomic E-state index is 11.1. The monoisotopic (exact) mass is 268 g/mol. The van der Waals surface area contributed by atoms with Gasteiger partial charge < -0.3 is 10.6 Å². The molecular formula is C13H20N2O2S. The minimum absolute atomic E-state index is 0.104. The molecule has 0 radical (unpaired) electrons. The summed E-state index contributed by atoms with van der Waals surface area (Å²) < 4.78 is 22.3. The normalized spacial score (nSPS) is 19.7. The largest absolute Gasteiger partial charge is 0.371 e. The lowest BCUT2D eigenvalue weighted by Crippen LogP contribution is -2.34. The van der Waals surface area contributed by atoms with Gasteiger partial charge in [-0.25, -0.2) is 8.42 Å². The minimum atomic E-state index is -2.86. The molecule has 1 aromatic rings. The van der Waals surface area contributed by atoms with Crippen molar-refractivity contribution in [2.45, 2.75) is 18.9 Å². The molecule has 4 nitrogen and oxygen atoms in total. The zero-order valence-electron chi connectivity index (χ0n) is 10.7. The average Bonchev–Trinajstić information content (AvgIpc) is 2.31. The first-order valence-electron chi connectivity index (χ1n) is 6.24. The van der Waals surface area contributed by atoms with Gasteiger partial charge in [-0.15, -0.1) is 0 Å². The van der Waals surface area contributed by atoms with Crippen molar-refractivity contribution in [3.63, 3.8) is 0 Å². The number of hydrogen-bond acceptors (Lipinski definition) is 4. The summed E-state index contributed by atoms with van der Waals surface area (Å²) in [5.74, 6) is 0.248. The van der Waals surface area contributed by atoms with Crippen LogP contribution >= 0.6 is 0 Å². The third-order valence-electron chi connectivity index (χ3n) is 3.33. The molecule has 0 fully saturated rings. The lowest BCUT2D eigenvalue weighted by Gasteiger charge is -2.34. The molecule has 0 spiro atoms. The molecule has 2 N–H and O–H groups in total. The molecular weight excluding hydrogens is 248 g/mol. The predicted molar refractivity (Wildman–Crippen MR) is 74.5 cm³/mol. The second-order valence-corrected chi connectivity index (χ2v) is 7.18. The Bertz CT molecular complexity index is 513. The van der Waals surface area contributed by atoms with Gasteiger partial charge in [-0.2, -0.15) is 0 Å². The molecule has 1 heterocycles. The van der Waals surface area contributed by atoms with Crippen molar-refractivity contribution in [3.8, 4) is 0 Å². The number of hydrogen-bond donors (Lipinski definition) is 1.